The van der Waals surface area contributed by atoms with Crippen LogP contribution >= 0.6 is 0 Å². The first-order chi connectivity index (χ1) is 31.1. The van der Waals surface area contributed by atoms with Crippen LogP contribution in [0.2, 0.25) is 0 Å². The van der Waals surface area contributed by atoms with Crippen LogP contribution in [0.25, 0.3) is 11.1 Å². The van der Waals surface area contributed by atoms with E-state index < -0.39 is 175 Å². The first-order valence-corrected chi connectivity index (χ1v) is 19.0. The summed E-state index contributed by atoms with van der Waals surface area (Å²) in [6.07, 6.45) is -8.25. The average Bonchev–Trinajstić information content (AvgIpc) is 3.25. The number of fused-ring (bicyclic) bond motifs is 2. The lowest BCUT2D eigenvalue weighted by molar-refractivity contribution is -0.0196. The van der Waals surface area contributed by atoms with E-state index in [1.54, 1.807) is 0 Å². The first kappa shape index (κ1) is 43.3. The summed E-state index contributed by atoms with van der Waals surface area (Å²) >= 11 is 0. The fourth-order valence-corrected chi connectivity index (χ4v) is 7.79. The van der Waals surface area contributed by atoms with Gasteiger partial charge in [0.1, 0.15) is 46.7 Å². The Labute approximate surface area is 367 Å². The Morgan fingerprint density at radius 1 is 0.394 bits per heavy atom. The second-order valence-electron chi connectivity index (χ2n) is 15.1. The number of aromatic hydroxyl groups is 16. The van der Waals surface area contributed by atoms with Crippen molar-refractivity contribution in [1.29, 1.82) is 0 Å². The maximum atomic E-state index is 13.7. The summed E-state index contributed by atoms with van der Waals surface area (Å²) in [6.45, 7) is 0. The predicted octanol–water partition coefficient (Wildman–Crippen LogP) is 4.45. The molecular formula is C44H34O22. The van der Waals surface area contributed by atoms with Crippen LogP contribution in [-0.2, 0) is 22.3 Å². The highest BCUT2D eigenvalue weighted by molar-refractivity contribution is 5.93. The molecule has 0 fully saturated rings. The van der Waals surface area contributed by atoms with E-state index in [4.69, 9.17) is 18.9 Å². The van der Waals surface area contributed by atoms with Crippen molar-refractivity contribution in [2.75, 3.05) is 0 Å². The second kappa shape index (κ2) is 15.8. The quantitative estimate of drug-likeness (QED) is 0.0777. The van der Waals surface area contributed by atoms with Gasteiger partial charge in [0.25, 0.3) is 0 Å². The molecule has 0 amide bonds. The Bertz CT molecular complexity index is 2790. The van der Waals surface area contributed by atoms with E-state index in [1.165, 1.54) is 0 Å². The minimum Gasteiger partial charge on any atom is -0.508 e. The number of rotatable bonds is 7. The van der Waals surface area contributed by atoms with E-state index >= 15 is 0 Å². The van der Waals surface area contributed by atoms with E-state index in [2.05, 4.69) is 0 Å². The van der Waals surface area contributed by atoms with Gasteiger partial charge in [-0.05, 0) is 36.4 Å². The number of carbonyl (C=O) groups is 2. The third kappa shape index (κ3) is 7.32. The molecule has 22 nitrogen and oxygen atoms in total. The largest absolute Gasteiger partial charge is 0.508 e. The topological polar surface area (TPSA) is 395 Å². The molecule has 22 heteroatoms. The van der Waals surface area contributed by atoms with Gasteiger partial charge < -0.3 is 101 Å². The zero-order valence-corrected chi connectivity index (χ0v) is 33.1. The molecule has 2 aliphatic rings. The zero-order chi connectivity index (χ0) is 47.8. The average molecular weight is 915 g/mol. The van der Waals surface area contributed by atoms with Gasteiger partial charge in [0.05, 0.1) is 11.1 Å². The van der Waals surface area contributed by atoms with Gasteiger partial charge in [-0.1, -0.05) is 0 Å². The smallest absolute Gasteiger partial charge is 0.338 e. The summed E-state index contributed by atoms with van der Waals surface area (Å²) in [6, 6.07) is 8.30. The molecule has 2 aliphatic heterocycles. The number of esters is 2. The maximum Gasteiger partial charge on any atom is 0.338 e. The Morgan fingerprint density at radius 3 is 1.05 bits per heavy atom. The van der Waals surface area contributed by atoms with E-state index in [0.29, 0.717) is 0 Å². The number of ether oxygens (including phenoxy) is 4. The van der Waals surface area contributed by atoms with Gasteiger partial charge in [0.2, 0.25) is 11.5 Å². The first-order valence-electron chi connectivity index (χ1n) is 19.0. The summed E-state index contributed by atoms with van der Waals surface area (Å²) in [5.41, 5.74) is -3.93. The third-order valence-electron chi connectivity index (χ3n) is 10.9. The van der Waals surface area contributed by atoms with Crippen LogP contribution in [0.3, 0.4) is 0 Å². The van der Waals surface area contributed by atoms with Crippen LogP contribution in [0.15, 0.2) is 60.7 Å². The lowest BCUT2D eigenvalue weighted by atomic mass is 9.83. The minimum atomic E-state index is -1.87. The SMILES string of the molecule is O=C(O[C@@H]1Cc2c(O)cc(O)cc2O[C@@H]1c1cc(O)c(O)c(O)c1-c1c([C@H]2Oc3cc(O)cc(O)c3C[C@H]2OC(=O)c2cc(O)c(O)c(O)c2)cc(O)c(O)c1O)c1cc(O)c(O)c(O)c1. The van der Waals surface area contributed by atoms with Gasteiger partial charge >= 0.3 is 11.9 Å². The predicted molar refractivity (Wildman–Crippen MR) is 217 cm³/mol. The number of phenols is 16. The highest BCUT2D eigenvalue weighted by atomic mass is 16.6. The number of benzene rings is 6. The highest BCUT2D eigenvalue weighted by Crippen LogP contribution is 2.58. The van der Waals surface area contributed by atoms with Gasteiger partial charge in [-0.15, -0.1) is 0 Å². The molecule has 342 valence electrons. The van der Waals surface area contributed by atoms with Crippen LogP contribution in [0.5, 0.6) is 103 Å². The molecule has 0 radical (unpaired) electrons. The molecule has 66 heavy (non-hydrogen) atoms. The number of carbonyl (C=O) groups excluding carboxylic acids is 2. The van der Waals surface area contributed by atoms with Crippen molar-refractivity contribution >= 4 is 11.9 Å². The van der Waals surface area contributed by atoms with Crippen molar-refractivity contribution in [2.24, 2.45) is 0 Å². The molecule has 16 N–H and O–H groups in total. The Hall–Kier alpha value is -9.34. The van der Waals surface area contributed by atoms with Crippen LogP contribution < -0.4 is 9.47 Å². The molecule has 0 spiro atoms. The molecule has 0 aromatic heterocycles. The van der Waals surface area contributed by atoms with Crippen LogP contribution in [0.4, 0.5) is 0 Å². The lowest BCUT2D eigenvalue weighted by Crippen LogP contribution is -2.36. The summed E-state index contributed by atoms with van der Waals surface area (Å²) in [5, 5.41) is 170. The van der Waals surface area contributed by atoms with Crippen LogP contribution in [0.1, 0.15) is 55.2 Å². The molecule has 2 heterocycles. The fraction of sp³-hybridized carbons (Fsp3) is 0.136. The molecule has 0 aliphatic carbocycles. The molecule has 0 saturated carbocycles. The standard InChI is InChI=1S/C44H34O22/c45-15-5-21(47)17-11-31(65-43(61)13-1-23(49)35(55)24(50)2-13)41(63-29(17)7-15)19-9-27(53)37(57)39(59)33(19)34-20(10-28(54)38(58)40(34)60)42-32(12-18-22(48)6-16(46)8-30(18)64-42)66-44(62)14-3-25(51)36(56)26(52)4-14/h1-10,31-32,41-42,45-60H,11-12H2/t31-,32-,41-,42-/m1/s1. The van der Waals surface area contributed by atoms with Crippen molar-refractivity contribution in [2.45, 2.75) is 37.3 Å². The molecule has 6 aromatic carbocycles. The van der Waals surface area contributed by atoms with Crippen molar-refractivity contribution in [3.05, 3.63) is 94.0 Å². The minimum absolute atomic E-state index is 0.0847. The van der Waals surface area contributed by atoms with E-state index in [-0.39, 0.29) is 22.6 Å². The molecular weight excluding hydrogens is 880 g/mol. The molecule has 0 saturated heterocycles. The lowest BCUT2D eigenvalue weighted by Gasteiger charge is -2.37. The number of hydrogen-bond acceptors (Lipinski definition) is 22. The Morgan fingerprint density at radius 2 is 0.712 bits per heavy atom. The normalized spacial score (nSPS) is 17.4. The van der Waals surface area contributed by atoms with Crippen LogP contribution in [-0.4, -0.2) is 106 Å². The van der Waals surface area contributed by atoms with Crippen molar-refractivity contribution in [3.63, 3.8) is 0 Å². The summed E-state index contributed by atoms with van der Waals surface area (Å²) < 4.78 is 23.8. The van der Waals surface area contributed by atoms with Crippen LogP contribution in [0, 0.1) is 0 Å². The van der Waals surface area contributed by atoms with Gasteiger partial charge in [-0.25, -0.2) is 9.59 Å². The van der Waals surface area contributed by atoms with E-state index in [1.807, 2.05) is 0 Å². The highest BCUT2D eigenvalue weighted by Gasteiger charge is 2.44. The van der Waals surface area contributed by atoms with E-state index in [0.717, 1.165) is 60.7 Å². The van der Waals surface area contributed by atoms with Gasteiger partial charge in [0, 0.05) is 70.5 Å². The summed E-state index contributed by atoms with van der Waals surface area (Å²) in [7, 11) is 0. The summed E-state index contributed by atoms with van der Waals surface area (Å²) in [5.74, 6) is -18.5. The van der Waals surface area contributed by atoms with Gasteiger partial charge in [0.15, 0.2) is 69.7 Å². The third-order valence-corrected chi connectivity index (χ3v) is 10.9. The van der Waals surface area contributed by atoms with Gasteiger partial charge in [-0.3, -0.25) is 0 Å². The molecule has 4 atom stereocenters. The van der Waals surface area contributed by atoms with Crippen molar-refractivity contribution in [3.8, 4) is 115 Å². The Kier molecular flexibility index (Phi) is 10.4. The van der Waals surface area contributed by atoms with Gasteiger partial charge in [-0.2, -0.15) is 0 Å². The monoisotopic (exact) mass is 914 g/mol. The maximum absolute atomic E-state index is 13.7. The zero-order valence-electron chi connectivity index (χ0n) is 33.1. The van der Waals surface area contributed by atoms with Crippen molar-refractivity contribution in [1.82, 2.24) is 0 Å². The molecule has 0 unspecified atom stereocenters. The Balaban J connectivity index is 1.34. The summed E-state index contributed by atoms with van der Waals surface area (Å²) in [4.78, 5) is 27.3. The fourth-order valence-electron chi connectivity index (χ4n) is 7.79. The second-order valence-corrected chi connectivity index (χ2v) is 15.1. The molecule has 8 rings (SSSR count). The number of phenolic OH excluding ortho intramolecular Hbond substituents is 16. The molecule has 6 aromatic rings. The number of hydrogen-bond donors (Lipinski definition) is 16. The molecule has 0 bridgehead atoms. The van der Waals surface area contributed by atoms with Crippen molar-refractivity contribution < 1.29 is 110 Å². The van der Waals surface area contributed by atoms with E-state index in [9.17, 15) is 91.3 Å².